The van der Waals surface area contributed by atoms with Crippen molar-refractivity contribution in [1.82, 2.24) is 15.5 Å². The second-order valence-electron chi connectivity index (χ2n) is 7.97. The molecule has 1 heterocycles. The van der Waals surface area contributed by atoms with E-state index in [9.17, 15) is 19.2 Å². The molecule has 1 fully saturated rings. The molecule has 1 aliphatic heterocycles. The van der Waals surface area contributed by atoms with Crippen LogP contribution < -0.4 is 10.6 Å². The third-order valence-electron chi connectivity index (χ3n) is 5.32. The molecule has 0 saturated carbocycles. The predicted molar refractivity (Wildman–Crippen MR) is 127 cm³/mol. The van der Waals surface area contributed by atoms with Crippen molar-refractivity contribution >= 4 is 29.8 Å². The summed E-state index contributed by atoms with van der Waals surface area (Å²) in [6.07, 6.45) is 2.71. The van der Waals surface area contributed by atoms with Crippen LogP contribution in [0.1, 0.15) is 30.9 Å². The zero-order chi connectivity index (χ0) is 24.3. The normalized spacial score (nSPS) is 15.9. The minimum atomic E-state index is -1.02. The van der Waals surface area contributed by atoms with Crippen LogP contribution in [0.4, 0.5) is 0 Å². The molecule has 2 aromatic carbocycles. The number of hydrogen-bond acceptors (Lipinski definition) is 5. The molecule has 1 unspecified atom stereocenters. The van der Waals surface area contributed by atoms with Crippen LogP contribution in [0.15, 0.2) is 66.4 Å². The molecular formula is C26H29N3O5. The molecule has 0 spiro atoms. The summed E-state index contributed by atoms with van der Waals surface area (Å²) in [6.45, 7) is 1.99. The fraction of sp³-hybridized carbons (Fsp3) is 0.308. The first-order valence-electron chi connectivity index (χ1n) is 11.3. The van der Waals surface area contributed by atoms with Gasteiger partial charge in [0, 0.05) is 20.0 Å². The maximum atomic E-state index is 13.3. The van der Waals surface area contributed by atoms with Gasteiger partial charge in [0.05, 0.1) is 13.0 Å². The van der Waals surface area contributed by atoms with E-state index >= 15 is 0 Å². The van der Waals surface area contributed by atoms with Crippen LogP contribution in [-0.2, 0) is 30.3 Å². The van der Waals surface area contributed by atoms with Crippen LogP contribution >= 0.6 is 0 Å². The molecule has 3 amide bonds. The number of aryl methyl sites for hydroxylation is 1. The molecule has 8 nitrogen and oxygen atoms in total. The number of carbonyl (C=O) groups excluding carboxylic acids is 4. The van der Waals surface area contributed by atoms with E-state index < -0.39 is 29.7 Å². The minimum Gasteiger partial charge on any atom is -0.466 e. The molecule has 0 bridgehead atoms. The Morgan fingerprint density at radius 1 is 1.09 bits per heavy atom. The van der Waals surface area contributed by atoms with Crippen LogP contribution in [0, 0.1) is 0 Å². The average molecular weight is 464 g/mol. The maximum Gasteiger partial charge on any atom is 0.308 e. The van der Waals surface area contributed by atoms with Gasteiger partial charge in [0.1, 0.15) is 11.7 Å². The summed E-state index contributed by atoms with van der Waals surface area (Å²) in [5, 5.41) is 5.25. The minimum absolute atomic E-state index is 0.0367. The predicted octanol–water partition coefficient (Wildman–Crippen LogP) is 2.06. The molecule has 178 valence electrons. The SMILES string of the molecule is CC(=O)N/C(=C\c1ccccc1)C(=O)N1CCNC(=O)C1CC(=O)OCCCc1ccccc1. The standard InChI is InChI=1S/C26H29N3O5/c1-19(30)28-22(17-21-11-6-3-7-12-21)26(33)29-15-14-27-25(32)23(29)18-24(31)34-16-8-13-20-9-4-2-5-10-20/h2-7,9-12,17,23H,8,13-16,18H2,1H3,(H,27,32)(H,28,30)/b22-17-. The summed E-state index contributed by atoms with van der Waals surface area (Å²) < 4.78 is 5.32. The van der Waals surface area contributed by atoms with E-state index in [4.69, 9.17) is 4.74 Å². The Morgan fingerprint density at radius 3 is 2.44 bits per heavy atom. The summed E-state index contributed by atoms with van der Waals surface area (Å²) in [7, 11) is 0. The summed E-state index contributed by atoms with van der Waals surface area (Å²) in [6, 6.07) is 17.9. The van der Waals surface area contributed by atoms with Crippen molar-refractivity contribution in [3.63, 3.8) is 0 Å². The Labute approximate surface area is 199 Å². The molecule has 0 aromatic heterocycles. The van der Waals surface area contributed by atoms with Crippen LogP contribution in [0.2, 0.25) is 0 Å². The van der Waals surface area contributed by atoms with Gasteiger partial charge in [-0.25, -0.2) is 0 Å². The number of amides is 3. The molecule has 3 rings (SSSR count). The second-order valence-corrected chi connectivity index (χ2v) is 7.97. The molecule has 2 aromatic rings. The zero-order valence-electron chi connectivity index (χ0n) is 19.2. The van der Waals surface area contributed by atoms with E-state index in [-0.39, 0.29) is 31.8 Å². The van der Waals surface area contributed by atoms with Gasteiger partial charge in [-0.1, -0.05) is 60.7 Å². The molecule has 0 radical (unpaired) electrons. The van der Waals surface area contributed by atoms with Gasteiger partial charge in [0.15, 0.2) is 0 Å². The summed E-state index contributed by atoms with van der Waals surface area (Å²) in [4.78, 5) is 51.3. The number of nitrogens with zero attached hydrogens (tertiary/aromatic N) is 1. The second kappa shape index (κ2) is 12.3. The largest absolute Gasteiger partial charge is 0.466 e. The van der Waals surface area contributed by atoms with Crippen molar-refractivity contribution < 1.29 is 23.9 Å². The van der Waals surface area contributed by atoms with E-state index in [1.807, 2.05) is 48.5 Å². The van der Waals surface area contributed by atoms with Crippen molar-refractivity contribution in [3.8, 4) is 0 Å². The van der Waals surface area contributed by atoms with Crippen molar-refractivity contribution in [1.29, 1.82) is 0 Å². The molecule has 8 heteroatoms. The van der Waals surface area contributed by atoms with Crippen LogP contribution in [0.25, 0.3) is 6.08 Å². The van der Waals surface area contributed by atoms with E-state index in [1.165, 1.54) is 11.8 Å². The first-order chi connectivity index (χ1) is 16.4. The van der Waals surface area contributed by atoms with E-state index in [0.29, 0.717) is 6.42 Å². The lowest BCUT2D eigenvalue weighted by Gasteiger charge is -2.35. The first-order valence-corrected chi connectivity index (χ1v) is 11.3. The van der Waals surface area contributed by atoms with Gasteiger partial charge in [-0.3, -0.25) is 19.2 Å². The number of carbonyl (C=O) groups is 4. The highest BCUT2D eigenvalue weighted by molar-refractivity contribution is 6.03. The average Bonchev–Trinajstić information content (AvgIpc) is 2.83. The number of benzene rings is 2. The fourth-order valence-electron chi connectivity index (χ4n) is 3.70. The van der Waals surface area contributed by atoms with Crippen LogP contribution in [0.5, 0.6) is 0 Å². The highest BCUT2D eigenvalue weighted by Gasteiger charge is 2.36. The molecule has 2 N–H and O–H groups in total. The first kappa shape index (κ1) is 24.7. The smallest absolute Gasteiger partial charge is 0.308 e. The van der Waals surface area contributed by atoms with Gasteiger partial charge in [-0.2, -0.15) is 0 Å². The van der Waals surface area contributed by atoms with Crippen molar-refractivity contribution in [2.24, 2.45) is 0 Å². The third kappa shape index (κ3) is 7.30. The number of nitrogens with one attached hydrogen (secondary N) is 2. The Kier molecular flexibility index (Phi) is 8.96. The highest BCUT2D eigenvalue weighted by atomic mass is 16.5. The number of piperazine rings is 1. The molecule has 0 aliphatic carbocycles. The van der Waals surface area contributed by atoms with Gasteiger partial charge in [-0.05, 0) is 30.0 Å². The van der Waals surface area contributed by atoms with Gasteiger partial charge in [0.25, 0.3) is 5.91 Å². The van der Waals surface area contributed by atoms with Crippen molar-refractivity contribution in [2.75, 3.05) is 19.7 Å². The van der Waals surface area contributed by atoms with E-state index in [1.54, 1.807) is 18.2 Å². The third-order valence-corrected chi connectivity index (χ3v) is 5.32. The Balaban J connectivity index is 1.64. The summed E-state index contributed by atoms with van der Waals surface area (Å²) >= 11 is 0. The van der Waals surface area contributed by atoms with Gasteiger partial charge in [-0.15, -0.1) is 0 Å². The monoisotopic (exact) mass is 463 g/mol. The highest BCUT2D eigenvalue weighted by Crippen LogP contribution is 2.15. The number of hydrogen-bond donors (Lipinski definition) is 2. The summed E-state index contributed by atoms with van der Waals surface area (Å²) in [5.74, 6) is -1.93. The van der Waals surface area contributed by atoms with Gasteiger partial charge >= 0.3 is 5.97 Å². The van der Waals surface area contributed by atoms with Crippen molar-refractivity contribution in [2.45, 2.75) is 32.2 Å². The zero-order valence-corrected chi connectivity index (χ0v) is 19.2. The van der Waals surface area contributed by atoms with Crippen LogP contribution in [-0.4, -0.2) is 54.3 Å². The van der Waals surface area contributed by atoms with E-state index in [2.05, 4.69) is 10.6 Å². The fourth-order valence-corrected chi connectivity index (χ4v) is 3.70. The molecule has 34 heavy (non-hydrogen) atoms. The van der Waals surface area contributed by atoms with Crippen molar-refractivity contribution in [3.05, 3.63) is 77.5 Å². The lowest BCUT2D eigenvalue weighted by molar-refractivity contribution is -0.151. The van der Waals surface area contributed by atoms with E-state index in [0.717, 1.165) is 17.5 Å². The Bertz CT molecular complexity index is 1040. The lowest BCUT2D eigenvalue weighted by Crippen LogP contribution is -2.58. The number of esters is 1. The Morgan fingerprint density at radius 2 is 1.76 bits per heavy atom. The molecule has 1 saturated heterocycles. The number of rotatable bonds is 9. The topological polar surface area (TPSA) is 105 Å². The molecule has 1 atom stereocenters. The lowest BCUT2D eigenvalue weighted by atomic mass is 10.1. The molecular weight excluding hydrogens is 434 g/mol. The summed E-state index contributed by atoms with van der Waals surface area (Å²) in [5.41, 5.74) is 1.91. The quantitative estimate of drug-likeness (QED) is 0.337. The molecule has 1 aliphatic rings. The van der Waals surface area contributed by atoms with Gasteiger partial charge < -0.3 is 20.3 Å². The maximum absolute atomic E-state index is 13.3. The van der Waals surface area contributed by atoms with Gasteiger partial charge in [0.2, 0.25) is 11.8 Å². The Hall–Kier alpha value is -3.94. The van der Waals surface area contributed by atoms with Crippen LogP contribution in [0.3, 0.4) is 0 Å². The number of ether oxygens (including phenoxy) is 1.